The van der Waals surface area contributed by atoms with Crippen molar-refractivity contribution in [2.45, 2.75) is 155 Å². The molecule has 2 nitrogen and oxygen atoms in total. The molecule has 0 amide bonds. The van der Waals surface area contributed by atoms with Crippen LogP contribution < -0.4 is 5.06 Å². The van der Waals surface area contributed by atoms with E-state index in [0.29, 0.717) is 5.06 Å². The number of quaternary nitrogens is 1. The Balaban J connectivity index is 3.52. The van der Waals surface area contributed by atoms with E-state index in [2.05, 4.69) is 27.7 Å². The van der Waals surface area contributed by atoms with Gasteiger partial charge in [-0.15, -0.1) is 0 Å². The van der Waals surface area contributed by atoms with Crippen molar-refractivity contribution in [1.82, 2.24) is 0 Å². The molecule has 0 rings (SSSR count). The van der Waals surface area contributed by atoms with Crippen LogP contribution in [0.5, 0.6) is 0 Å². The van der Waals surface area contributed by atoms with E-state index >= 15 is 0 Å². The number of unbranched alkanes of at least 4 members (excludes halogenated alkanes) is 14. The first kappa shape index (κ1) is 25.9. The van der Waals surface area contributed by atoms with Crippen molar-refractivity contribution in [1.29, 1.82) is 0 Å². The quantitative estimate of drug-likeness (QED) is 0.178. The van der Waals surface area contributed by atoms with Gasteiger partial charge in [0.2, 0.25) is 0 Å². The Kier molecular flexibility index (Phi) is 19.6. The minimum Gasteiger partial charge on any atom is -0.634 e. The van der Waals surface area contributed by atoms with Gasteiger partial charge in [-0.3, -0.25) is 0 Å². The molecule has 0 aromatic heterocycles. The molecule has 26 heavy (non-hydrogen) atoms. The summed E-state index contributed by atoms with van der Waals surface area (Å²) in [5.74, 6) is 0. The van der Waals surface area contributed by atoms with Crippen molar-refractivity contribution >= 4 is 0 Å². The summed E-state index contributed by atoms with van der Waals surface area (Å²) in [4.78, 5) is 0. The first-order valence-electron chi connectivity index (χ1n) is 12.2. The standard InChI is InChI=1S/C24H51NO/c1-5-7-9-11-13-15-17-19-21-23(3)25(26)24(4)22-20-18-16-14-12-10-8-6-2/h23-25H,5-22H2,1-4H3. The van der Waals surface area contributed by atoms with Crippen LogP contribution in [-0.2, 0) is 0 Å². The van der Waals surface area contributed by atoms with Crippen molar-refractivity contribution in [3.05, 3.63) is 5.21 Å². The molecule has 0 aliphatic heterocycles. The van der Waals surface area contributed by atoms with Crippen LogP contribution in [0.2, 0.25) is 0 Å². The van der Waals surface area contributed by atoms with E-state index in [9.17, 15) is 5.21 Å². The van der Waals surface area contributed by atoms with Crippen molar-refractivity contribution in [2.24, 2.45) is 0 Å². The lowest BCUT2D eigenvalue weighted by Gasteiger charge is -2.35. The van der Waals surface area contributed by atoms with Crippen molar-refractivity contribution in [2.75, 3.05) is 0 Å². The molecule has 0 saturated carbocycles. The Morgan fingerprint density at radius 1 is 0.500 bits per heavy atom. The Morgan fingerprint density at radius 3 is 1.08 bits per heavy atom. The van der Waals surface area contributed by atoms with Crippen LogP contribution in [0.1, 0.15) is 143 Å². The predicted molar refractivity (Wildman–Crippen MR) is 118 cm³/mol. The lowest BCUT2D eigenvalue weighted by Crippen LogP contribution is -3.14. The maximum atomic E-state index is 12.5. The summed E-state index contributed by atoms with van der Waals surface area (Å²) >= 11 is 0. The number of hydrogen-bond acceptors (Lipinski definition) is 1. The van der Waals surface area contributed by atoms with Gasteiger partial charge in [-0.25, -0.2) is 0 Å². The summed E-state index contributed by atoms with van der Waals surface area (Å²) in [5, 5.41) is 13.0. The molecule has 1 N–H and O–H groups in total. The van der Waals surface area contributed by atoms with Crippen LogP contribution in [0.15, 0.2) is 0 Å². The van der Waals surface area contributed by atoms with Gasteiger partial charge in [0.15, 0.2) is 0 Å². The number of rotatable bonds is 20. The summed E-state index contributed by atoms with van der Waals surface area (Å²) in [5.41, 5.74) is 0. The Morgan fingerprint density at radius 2 is 0.769 bits per heavy atom. The lowest BCUT2D eigenvalue weighted by molar-refractivity contribution is -0.898. The minimum atomic E-state index is 0.277. The molecule has 0 heterocycles. The van der Waals surface area contributed by atoms with Crippen LogP contribution >= 0.6 is 0 Å². The number of nitrogens with one attached hydrogen (secondary N) is 1. The van der Waals surface area contributed by atoms with Gasteiger partial charge in [-0.2, -0.15) is 0 Å². The third-order valence-electron chi connectivity index (χ3n) is 5.95. The Hall–Kier alpha value is -0.0800. The minimum absolute atomic E-state index is 0.277. The SMILES string of the molecule is CCCCCCCCCCC(C)[NH+]([O-])C(C)CCCCCCCCCC. The highest BCUT2D eigenvalue weighted by Crippen LogP contribution is 2.12. The summed E-state index contributed by atoms with van der Waals surface area (Å²) in [6, 6.07) is 0.554. The smallest absolute Gasteiger partial charge is 0.0845 e. The predicted octanol–water partition coefficient (Wildman–Crippen LogP) is 7.21. The maximum absolute atomic E-state index is 12.5. The fourth-order valence-electron chi connectivity index (χ4n) is 3.94. The second-order valence-electron chi connectivity index (χ2n) is 8.73. The highest BCUT2D eigenvalue weighted by atomic mass is 16.5. The van der Waals surface area contributed by atoms with E-state index in [1.165, 1.54) is 103 Å². The average Bonchev–Trinajstić information content (AvgIpc) is 2.65. The maximum Gasteiger partial charge on any atom is 0.0845 e. The van der Waals surface area contributed by atoms with Crippen molar-refractivity contribution < 1.29 is 5.06 Å². The van der Waals surface area contributed by atoms with Crippen LogP contribution in [0.3, 0.4) is 0 Å². The van der Waals surface area contributed by atoms with Crippen molar-refractivity contribution in [3.8, 4) is 0 Å². The van der Waals surface area contributed by atoms with Gasteiger partial charge in [0.1, 0.15) is 0 Å². The molecule has 0 aliphatic rings. The number of hydroxylamine groups is 2. The molecule has 2 heteroatoms. The van der Waals surface area contributed by atoms with Crippen LogP contribution in [0, 0.1) is 5.21 Å². The van der Waals surface area contributed by atoms with Gasteiger partial charge in [0.05, 0.1) is 12.1 Å². The second kappa shape index (κ2) is 19.7. The van der Waals surface area contributed by atoms with E-state index < -0.39 is 0 Å². The van der Waals surface area contributed by atoms with E-state index in [-0.39, 0.29) is 12.1 Å². The lowest BCUT2D eigenvalue weighted by atomic mass is 10.0. The van der Waals surface area contributed by atoms with Gasteiger partial charge < -0.3 is 10.3 Å². The van der Waals surface area contributed by atoms with Crippen LogP contribution in [0.25, 0.3) is 0 Å². The molecule has 0 fully saturated rings. The van der Waals surface area contributed by atoms with Gasteiger partial charge in [-0.1, -0.05) is 104 Å². The van der Waals surface area contributed by atoms with E-state index in [4.69, 9.17) is 0 Å². The molecule has 0 bridgehead atoms. The zero-order chi connectivity index (χ0) is 19.5. The highest BCUT2D eigenvalue weighted by Gasteiger charge is 2.15. The van der Waals surface area contributed by atoms with Gasteiger partial charge in [-0.05, 0) is 39.5 Å². The molecule has 0 spiro atoms. The largest absolute Gasteiger partial charge is 0.634 e. The van der Waals surface area contributed by atoms with Gasteiger partial charge in [0.25, 0.3) is 0 Å². The molecule has 0 aromatic carbocycles. The molecule has 0 aliphatic carbocycles. The summed E-state index contributed by atoms with van der Waals surface area (Å²) in [6.07, 6.45) is 23.9. The van der Waals surface area contributed by atoms with Gasteiger partial charge >= 0.3 is 0 Å². The fraction of sp³-hybridized carbons (Fsp3) is 1.00. The summed E-state index contributed by atoms with van der Waals surface area (Å²) < 4.78 is 0. The normalized spacial score (nSPS) is 15.1. The third kappa shape index (κ3) is 16.1. The zero-order valence-electron chi connectivity index (χ0n) is 18.8. The third-order valence-corrected chi connectivity index (χ3v) is 5.95. The second-order valence-corrected chi connectivity index (χ2v) is 8.73. The Bertz CT molecular complexity index is 243. The molecule has 2 atom stereocenters. The molecular weight excluding hydrogens is 318 g/mol. The highest BCUT2D eigenvalue weighted by molar-refractivity contribution is 4.57. The molecule has 158 valence electrons. The van der Waals surface area contributed by atoms with Crippen molar-refractivity contribution in [3.63, 3.8) is 0 Å². The monoisotopic (exact) mass is 369 g/mol. The summed E-state index contributed by atoms with van der Waals surface area (Å²) in [7, 11) is 0. The molecular formula is C24H51NO. The molecule has 0 aromatic rings. The number of hydrogen-bond donors (Lipinski definition) is 1. The molecule has 0 saturated heterocycles. The Labute approximate surface area is 166 Å². The first-order chi connectivity index (χ1) is 12.6. The van der Waals surface area contributed by atoms with E-state index in [1.807, 2.05) is 0 Å². The molecule has 2 unspecified atom stereocenters. The summed E-state index contributed by atoms with van der Waals surface area (Å²) in [6.45, 7) is 8.86. The van der Waals surface area contributed by atoms with Crippen LogP contribution in [-0.4, -0.2) is 12.1 Å². The van der Waals surface area contributed by atoms with Crippen LogP contribution in [0.4, 0.5) is 0 Å². The average molecular weight is 370 g/mol. The van der Waals surface area contributed by atoms with Gasteiger partial charge in [0, 0.05) is 0 Å². The zero-order valence-corrected chi connectivity index (χ0v) is 18.8. The van der Waals surface area contributed by atoms with E-state index in [0.717, 1.165) is 12.8 Å². The fourth-order valence-corrected chi connectivity index (χ4v) is 3.94. The molecule has 0 radical (unpaired) electrons. The van der Waals surface area contributed by atoms with E-state index in [1.54, 1.807) is 0 Å². The first-order valence-corrected chi connectivity index (χ1v) is 12.2. The topological polar surface area (TPSA) is 27.5 Å².